The summed E-state index contributed by atoms with van der Waals surface area (Å²) in [6.07, 6.45) is 9.74. The normalized spacial score (nSPS) is 14.7. The van der Waals surface area contributed by atoms with Gasteiger partial charge in [0.15, 0.2) is 22.3 Å². The van der Waals surface area contributed by atoms with Crippen LogP contribution in [0.2, 0.25) is 0 Å². The molecule has 0 amide bonds. The zero-order valence-corrected chi connectivity index (χ0v) is 19.2. The summed E-state index contributed by atoms with van der Waals surface area (Å²) in [5.74, 6) is -2.09. The molecule has 0 aromatic carbocycles. The largest absolute Gasteiger partial charge is 0.297 e. The zero-order valence-electron chi connectivity index (χ0n) is 17.5. The van der Waals surface area contributed by atoms with Crippen LogP contribution >= 0.6 is 0 Å². The van der Waals surface area contributed by atoms with Gasteiger partial charge in [0.05, 0.1) is 0 Å². The second-order valence-corrected chi connectivity index (χ2v) is 10.3. The third-order valence-corrected chi connectivity index (χ3v) is 6.97. The molecular formula is C18H35NO8S2. The molecule has 11 heteroatoms. The number of carbonyl (C=O) groups excluding carboxylic acids is 2. The van der Waals surface area contributed by atoms with Gasteiger partial charge in [-0.3, -0.25) is 23.6 Å². The molecule has 0 aromatic rings. The van der Waals surface area contributed by atoms with Gasteiger partial charge in [-0.05, 0) is 20.3 Å². The van der Waals surface area contributed by atoms with Crippen molar-refractivity contribution in [3.8, 4) is 0 Å². The number of carbonyl (C=O) groups is 2. The first-order chi connectivity index (χ1) is 13.3. The first-order valence-electron chi connectivity index (χ1n) is 10.0. The summed E-state index contributed by atoms with van der Waals surface area (Å²) in [4.78, 5) is 24.2. The van der Waals surface area contributed by atoms with Crippen molar-refractivity contribution in [3.05, 3.63) is 0 Å². The molecular weight excluding hydrogens is 422 g/mol. The van der Waals surface area contributed by atoms with Gasteiger partial charge in [0.1, 0.15) is 0 Å². The molecule has 0 saturated carbocycles. The highest BCUT2D eigenvalue weighted by Gasteiger charge is 2.44. The average Bonchev–Trinajstić information content (AvgIpc) is 2.53. The van der Waals surface area contributed by atoms with Crippen LogP contribution in [0, 0.1) is 0 Å². The van der Waals surface area contributed by atoms with Gasteiger partial charge >= 0.3 is 0 Å². The van der Waals surface area contributed by atoms with E-state index in [2.05, 4.69) is 6.92 Å². The van der Waals surface area contributed by atoms with E-state index in [0.29, 0.717) is 17.7 Å². The van der Waals surface area contributed by atoms with E-state index >= 15 is 0 Å². The van der Waals surface area contributed by atoms with Crippen LogP contribution in [0.4, 0.5) is 0 Å². The Morgan fingerprint density at radius 2 is 1.00 bits per heavy atom. The molecule has 172 valence electrons. The molecule has 0 aromatic heterocycles. The third-order valence-electron chi connectivity index (χ3n) is 4.63. The Labute approximate surface area is 174 Å². The van der Waals surface area contributed by atoms with Crippen molar-refractivity contribution in [1.82, 2.24) is 4.90 Å². The van der Waals surface area contributed by atoms with Crippen LogP contribution in [0.3, 0.4) is 0 Å². The lowest BCUT2D eigenvalue weighted by Gasteiger charge is -2.31. The monoisotopic (exact) mass is 457 g/mol. The first kappa shape index (κ1) is 28.1. The Morgan fingerprint density at radius 3 is 1.28 bits per heavy atom. The lowest BCUT2D eigenvalue weighted by Crippen LogP contribution is -2.56. The van der Waals surface area contributed by atoms with E-state index in [1.165, 1.54) is 25.7 Å². The molecule has 0 aliphatic heterocycles. The highest BCUT2D eigenvalue weighted by Crippen LogP contribution is 2.19. The molecule has 0 saturated heterocycles. The minimum atomic E-state index is -5.02. The summed E-state index contributed by atoms with van der Waals surface area (Å²) in [6, 6.07) is 0. The van der Waals surface area contributed by atoms with E-state index in [9.17, 15) is 35.5 Å². The Hall–Kier alpha value is -0.880. The topological polar surface area (TPSA) is 146 Å². The molecule has 0 spiro atoms. The maximum absolute atomic E-state index is 11.8. The standard InChI is InChI=1S/C18H35NO8S2/c1-4-5-6-7-8-9-10-11-12-13-14-19(17(15(2)20)28(22,23)24)18(16(3)21)29(25,26)27/h17-18H,4-14H2,1-3H3,(H,22,23,24)(H,25,26,27). The van der Waals surface area contributed by atoms with Crippen molar-refractivity contribution in [2.24, 2.45) is 0 Å². The van der Waals surface area contributed by atoms with Crippen LogP contribution in [-0.4, -0.2) is 59.7 Å². The van der Waals surface area contributed by atoms with Crippen molar-refractivity contribution in [3.63, 3.8) is 0 Å². The molecule has 0 heterocycles. The summed E-state index contributed by atoms with van der Waals surface area (Å²) in [6.45, 7) is 3.63. The molecule has 29 heavy (non-hydrogen) atoms. The molecule has 0 aliphatic rings. The van der Waals surface area contributed by atoms with Crippen LogP contribution < -0.4 is 0 Å². The number of nitrogens with zero attached hydrogens (tertiary/aromatic N) is 1. The molecule has 0 fully saturated rings. The van der Waals surface area contributed by atoms with E-state index in [-0.39, 0.29) is 6.54 Å². The highest BCUT2D eigenvalue weighted by molar-refractivity contribution is 7.88. The van der Waals surface area contributed by atoms with Gasteiger partial charge in [-0.1, -0.05) is 64.7 Å². The molecule has 0 aliphatic carbocycles. The summed E-state index contributed by atoms with van der Waals surface area (Å²) < 4.78 is 65.4. The van der Waals surface area contributed by atoms with Crippen molar-refractivity contribution >= 4 is 31.8 Å². The maximum Gasteiger partial charge on any atom is 0.288 e. The number of ketones is 2. The summed E-state index contributed by atoms with van der Waals surface area (Å²) >= 11 is 0. The van der Waals surface area contributed by atoms with Gasteiger partial charge in [0.25, 0.3) is 20.2 Å². The fraction of sp³-hybridized carbons (Fsp3) is 0.889. The first-order valence-corrected chi connectivity index (χ1v) is 13.0. The zero-order chi connectivity index (χ0) is 22.7. The second kappa shape index (κ2) is 13.4. The van der Waals surface area contributed by atoms with E-state index in [0.717, 1.165) is 39.5 Å². The predicted octanol–water partition coefficient (Wildman–Crippen LogP) is 2.82. The minimum absolute atomic E-state index is 0.259. The second-order valence-electron chi connectivity index (χ2n) is 7.38. The Morgan fingerprint density at radius 1 is 0.690 bits per heavy atom. The molecule has 2 unspecified atom stereocenters. The molecule has 9 nitrogen and oxygen atoms in total. The maximum atomic E-state index is 11.8. The van der Waals surface area contributed by atoms with Crippen molar-refractivity contribution in [1.29, 1.82) is 0 Å². The van der Waals surface area contributed by atoms with Gasteiger partial charge in [-0.25, -0.2) is 0 Å². The molecule has 0 rings (SSSR count). The molecule has 0 bridgehead atoms. The Kier molecular flexibility index (Phi) is 13.0. The van der Waals surface area contributed by atoms with Crippen LogP contribution in [0.15, 0.2) is 0 Å². The molecule has 0 radical (unpaired) electrons. The molecule has 2 N–H and O–H groups in total. The molecule has 2 atom stereocenters. The number of rotatable bonds is 17. The number of unbranched alkanes of at least 4 members (excludes halogenated alkanes) is 9. The van der Waals surface area contributed by atoms with Crippen LogP contribution in [0.25, 0.3) is 0 Å². The summed E-state index contributed by atoms with van der Waals surface area (Å²) in [5, 5.41) is -4.48. The highest BCUT2D eigenvalue weighted by atomic mass is 32.2. The average molecular weight is 458 g/mol. The predicted molar refractivity (Wildman–Crippen MR) is 111 cm³/mol. The van der Waals surface area contributed by atoms with E-state index < -0.39 is 42.6 Å². The van der Waals surface area contributed by atoms with E-state index in [1.807, 2.05) is 0 Å². The Balaban J connectivity index is 4.99. The van der Waals surface area contributed by atoms with Gasteiger partial charge < -0.3 is 0 Å². The number of hydrogen-bond acceptors (Lipinski definition) is 7. The Bertz CT molecular complexity index is 668. The van der Waals surface area contributed by atoms with Crippen molar-refractivity contribution in [2.75, 3.05) is 6.54 Å². The van der Waals surface area contributed by atoms with Gasteiger partial charge in [-0.2, -0.15) is 16.8 Å². The quantitative estimate of drug-likeness (QED) is 0.248. The smallest absolute Gasteiger partial charge is 0.288 e. The number of Topliss-reactive ketones (excluding diaryl/α,β-unsaturated/α-hetero) is 2. The van der Waals surface area contributed by atoms with E-state index in [4.69, 9.17) is 0 Å². The van der Waals surface area contributed by atoms with Crippen molar-refractivity contribution < 1.29 is 35.5 Å². The van der Waals surface area contributed by atoms with Gasteiger partial charge in [0.2, 0.25) is 0 Å². The van der Waals surface area contributed by atoms with E-state index in [1.54, 1.807) is 0 Å². The van der Waals surface area contributed by atoms with Crippen LogP contribution in [0.5, 0.6) is 0 Å². The van der Waals surface area contributed by atoms with Gasteiger partial charge in [-0.15, -0.1) is 0 Å². The lowest BCUT2D eigenvalue weighted by atomic mass is 10.1. The van der Waals surface area contributed by atoms with Crippen LogP contribution in [-0.2, 0) is 29.8 Å². The van der Waals surface area contributed by atoms with Crippen molar-refractivity contribution in [2.45, 2.75) is 95.7 Å². The summed E-state index contributed by atoms with van der Waals surface area (Å²) in [7, 11) is -10.0. The minimum Gasteiger partial charge on any atom is -0.297 e. The summed E-state index contributed by atoms with van der Waals surface area (Å²) in [5.41, 5.74) is 0. The fourth-order valence-electron chi connectivity index (χ4n) is 3.37. The SMILES string of the molecule is CCCCCCCCCCCCN(C(C(C)=O)S(=O)(=O)O)C(C(C)=O)S(=O)(=O)O. The number of hydrogen-bond donors (Lipinski definition) is 2. The third kappa shape index (κ3) is 11.2. The fourth-order valence-corrected chi connectivity index (χ4v) is 5.42. The lowest BCUT2D eigenvalue weighted by molar-refractivity contribution is -0.123. The van der Waals surface area contributed by atoms with Gasteiger partial charge in [0, 0.05) is 6.54 Å². The van der Waals surface area contributed by atoms with Crippen LogP contribution in [0.1, 0.15) is 85.0 Å².